The molecule has 38 heavy (non-hydrogen) atoms. The Morgan fingerprint density at radius 1 is 0.974 bits per heavy atom. The second-order valence-corrected chi connectivity index (χ2v) is 9.86. The lowest BCUT2D eigenvalue weighted by Crippen LogP contribution is -2.45. The molecule has 0 spiro atoms. The van der Waals surface area contributed by atoms with Crippen LogP contribution in [0.1, 0.15) is 49.7 Å². The van der Waals surface area contributed by atoms with E-state index >= 15 is 0 Å². The summed E-state index contributed by atoms with van der Waals surface area (Å²) in [6.07, 6.45) is 4.76. The van der Waals surface area contributed by atoms with Crippen LogP contribution in [0.25, 0.3) is 0 Å². The van der Waals surface area contributed by atoms with Crippen LogP contribution in [-0.2, 0) is 32.0 Å². The zero-order chi connectivity index (χ0) is 27.0. The number of carboxylic acids is 1. The van der Waals surface area contributed by atoms with Gasteiger partial charge in [0.1, 0.15) is 0 Å². The zero-order valence-electron chi connectivity index (χ0n) is 22.1. The fourth-order valence-corrected chi connectivity index (χ4v) is 4.66. The summed E-state index contributed by atoms with van der Waals surface area (Å²) in [7, 11) is 0. The van der Waals surface area contributed by atoms with E-state index in [1.54, 1.807) is 4.90 Å². The smallest absolute Gasteiger partial charge is 0.305 e. The molecule has 8 heteroatoms. The Labute approximate surface area is 225 Å². The van der Waals surface area contributed by atoms with Crippen LogP contribution in [0.3, 0.4) is 0 Å². The molecule has 8 nitrogen and oxygen atoms in total. The number of aliphatic carboxylic acids is 1. The van der Waals surface area contributed by atoms with Crippen molar-refractivity contribution in [2.24, 2.45) is 0 Å². The van der Waals surface area contributed by atoms with Crippen molar-refractivity contribution in [3.63, 3.8) is 0 Å². The number of carbonyl (C=O) groups is 3. The molecule has 3 N–H and O–H groups in total. The van der Waals surface area contributed by atoms with Gasteiger partial charge in [0.25, 0.3) is 0 Å². The summed E-state index contributed by atoms with van der Waals surface area (Å²) >= 11 is 0. The van der Waals surface area contributed by atoms with Gasteiger partial charge in [-0.05, 0) is 62.7 Å². The van der Waals surface area contributed by atoms with Crippen molar-refractivity contribution in [1.82, 2.24) is 15.5 Å². The number of carbonyl (C=O) groups excluding carboxylic acids is 2. The third kappa shape index (κ3) is 11.4. The number of hydrogen-bond donors (Lipinski definition) is 3. The van der Waals surface area contributed by atoms with E-state index in [9.17, 15) is 19.5 Å². The number of amides is 2. The van der Waals surface area contributed by atoms with Crippen LogP contribution >= 0.6 is 0 Å². The van der Waals surface area contributed by atoms with Crippen LogP contribution < -0.4 is 10.6 Å². The molecule has 1 fully saturated rings. The van der Waals surface area contributed by atoms with Crippen molar-refractivity contribution >= 4 is 17.8 Å². The van der Waals surface area contributed by atoms with E-state index in [-0.39, 0.29) is 30.9 Å². The zero-order valence-corrected chi connectivity index (χ0v) is 22.1. The largest absolute Gasteiger partial charge is 0.481 e. The molecule has 0 radical (unpaired) electrons. The van der Waals surface area contributed by atoms with Crippen LogP contribution in [0.15, 0.2) is 60.7 Å². The van der Waals surface area contributed by atoms with Gasteiger partial charge in [-0.25, -0.2) is 0 Å². The summed E-state index contributed by atoms with van der Waals surface area (Å²) in [5, 5.41) is 15.5. The van der Waals surface area contributed by atoms with E-state index in [0.29, 0.717) is 45.3 Å². The van der Waals surface area contributed by atoms with Crippen molar-refractivity contribution in [2.75, 3.05) is 32.8 Å². The molecule has 0 aliphatic carbocycles. The molecule has 1 atom stereocenters. The fraction of sp³-hybridized carbons (Fsp3) is 0.500. The van der Waals surface area contributed by atoms with Crippen LogP contribution in [0.5, 0.6) is 0 Å². The normalized spacial score (nSPS) is 14.5. The molecule has 2 aromatic rings. The molecule has 2 amide bonds. The van der Waals surface area contributed by atoms with E-state index in [0.717, 1.165) is 37.1 Å². The first-order valence-corrected chi connectivity index (χ1v) is 13.7. The molecule has 3 rings (SSSR count). The van der Waals surface area contributed by atoms with Gasteiger partial charge in [-0.2, -0.15) is 0 Å². The number of benzene rings is 2. The highest BCUT2D eigenvalue weighted by Gasteiger charge is 2.21. The third-order valence-electron chi connectivity index (χ3n) is 6.79. The Morgan fingerprint density at radius 3 is 2.24 bits per heavy atom. The molecule has 1 saturated heterocycles. The van der Waals surface area contributed by atoms with Crippen molar-refractivity contribution in [3.8, 4) is 0 Å². The summed E-state index contributed by atoms with van der Waals surface area (Å²) in [5.74, 6) is -1.39. The van der Waals surface area contributed by atoms with Crippen LogP contribution in [0.2, 0.25) is 0 Å². The average Bonchev–Trinajstić information content (AvgIpc) is 2.93. The van der Waals surface area contributed by atoms with Crippen molar-refractivity contribution < 1.29 is 24.2 Å². The number of nitrogens with zero attached hydrogens (tertiary/aromatic N) is 1. The predicted octanol–water partition coefficient (Wildman–Crippen LogP) is 3.20. The van der Waals surface area contributed by atoms with Gasteiger partial charge in [0.05, 0.1) is 19.1 Å². The summed E-state index contributed by atoms with van der Waals surface area (Å²) < 4.78 is 5.93. The third-order valence-corrected chi connectivity index (χ3v) is 6.79. The van der Waals surface area contributed by atoms with Gasteiger partial charge >= 0.3 is 5.97 Å². The minimum atomic E-state index is -0.964. The van der Waals surface area contributed by atoms with Gasteiger partial charge in [0.2, 0.25) is 11.8 Å². The molecule has 1 heterocycles. The lowest BCUT2D eigenvalue weighted by molar-refractivity contribution is -0.139. The van der Waals surface area contributed by atoms with Crippen LogP contribution in [0, 0.1) is 0 Å². The van der Waals surface area contributed by atoms with Gasteiger partial charge in [-0.1, -0.05) is 60.7 Å². The molecule has 0 saturated carbocycles. The van der Waals surface area contributed by atoms with Gasteiger partial charge in [0, 0.05) is 25.6 Å². The Kier molecular flexibility index (Phi) is 12.8. The molecule has 1 aliphatic rings. The summed E-state index contributed by atoms with van der Waals surface area (Å²) in [4.78, 5) is 39.1. The first-order valence-electron chi connectivity index (χ1n) is 13.7. The number of carboxylic acid groups (broad SMARTS) is 1. The second kappa shape index (κ2) is 16.6. The fourth-order valence-electron chi connectivity index (χ4n) is 4.66. The lowest BCUT2D eigenvalue weighted by Gasteiger charge is -2.25. The molecule has 206 valence electrons. The van der Waals surface area contributed by atoms with Crippen molar-refractivity contribution in [3.05, 3.63) is 71.8 Å². The Bertz CT molecular complexity index is 980. The summed E-state index contributed by atoms with van der Waals surface area (Å²) in [5.41, 5.74) is 2.18. The molecule has 0 bridgehead atoms. The molecular formula is C30H41N3O5. The van der Waals surface area contributed by atoms with Gasteiger partial charge in [-0.15, -0.1) is 0 Å². The summed E-state index contributed by atoms with van der Waals surface area (Å²) in [6.45, 7) is 2.76. The molecular weight excluding hydrogens is 482 g/mol. The summed E-state index contributed by atoms with van der Waals surface area (Å²) in [6, 6.07) is 19.1. The second-order valence-electron chi connectivity index (χ2n) is 9.86. The minimum absolute atomic E-state index is 0.0935. The monoisotopic (exact) mass is 523 g/mol. The lowest BCUT2D eigenvalue weighted by atomic mass is 10.0. The highest BCUT2D eigenvalue weighted by atomic mass is 16.5. The molecule has 0 aromatic heterocycles. The number of aryl methyl sites for hydroxylation is 1. The van der Waals surface area contributed by atoms with Gasteiger partial charge in [-0.3, -0.25) is 14.4 Å². The quantitative estimate of drug-likeness (QED) is 0.292. The molecule has 2 aromatic carbocycles. The average molecular weight is 524 g/mol. The van der Waals surface area contributed by atoms with Gasteiger partial charge < -0.3 is 25.4 Å². The highest BCUT2D eigenvalue weighted by molar-refractivity contribution is 5.85. The number of rotatable bonds is 16. The topological polar surface area (TPSA) is 108 Å². The minimum Gasteiger partial charge on any atom is -0.481 e. The van der Waals surface area contributed by atoms with Crippen molar-refractivity contribution in [2.45, 2.75) is 63.5 Å². The number of piperidine rings is 1. The maximum absolute atomic E-state index is 13.1. The maximum atomic E-state index is 13.1. The predicted molar refractivity (Wildman–Crippen MR) is 147 cm³/mol. The highest BCUT2D eigenvalue weighted by Crippen LogP contribution is 2.11. The Hall–Kier alpha value is -3.23. The van der Waals surface area contributed by atoms with Crippen LogP contribution in [0.4, 0.5) is 0 Å². The van der Waals surface area contributed by atoms with E-state index in [2.05, 4.69) is 10.6 Å². The Morgan fingerprint density at radius 2 is 1.61 bits per heavy atom. The Balaban J connectivity index is 1.53. The first-order chi connectivity index (χ1) is 18.5. The number of hydrogen-bond acceptors (Lipinski definition) is 5. The molecule has 1 aliphatic heterocycles. The SMILES string of the molecule is O=C(O)CC(CCc1ccccc1)NC(=O)CN(CCc1ccccc1)C(=O)CCCOC1CCNCC1. The van der Waals surface area contributed by atoms with E-state index in [1.807, 2.05) is 60.7 Å². The first kappa shape index (κ1) is 29.3. The van der Waals surface area contributed by atoms with E-state index in [4.69, 9.17) is 4.74 Å². The van der Waals surface area contributed by atoms with E-state index < -0.39 is 12.0 Å². The standard InChI is InChI=1S/C30H41N3O5/c34-28(32-26(22-30(36)37)14-13-24-8-3-1-4-9-24)23-33(20-17-25-10-5-2-6-11-25)29(35)12-7-21-38-27-15-18-31-19-16-27/h1-6,8-11,26-27,31H,7,12-23H2,(H,32,34)(H,36,37). The maximum Gasteiger partial charge on any atom is 0.305 e. The van der Waals surface area contributed by atoms with E-state index in [1.165, 1.54) is 0 Å². The van der Waals surface area contributed by atoms with Crippen molar-refractivity contribution in [1.29, 1.82) is 0 Å². The number of ether oxygens (including phenoxy) is 1. The van der Waals surface area contributed by atoms with Gasteiger partial charge in [0.15, 0.2) is 0 Å². The molecule has 1 unspecified atom stereocenters. The number of nitrogens with one attached hydrogen (secondary N) is 2. The van der Waals surface area contributed by atoms with Crippen LogP contribution in [-0.4, -0.2) is 72.7 Å².